The molecule has 0 unspecified atom stereocenters. The van der Waals surface area contributed by atoms with Gasteiger partial charge in [-0.1, -0.05) is 25.8 Å². The fraction of sp³-hybridized carbons (Fsp3) is 0.667. The first-order valence-electron chi connectivity index (χ1n) is 7.32. The van der Waals surface area contributed by atoms with Crippen LogP contribution < -0.4 is 0 Å². The number of thiophene rings is 1. The molecular weight excluding hydrogens is 256 g/mol. The molecule has 1 amide bonds. The average Bonchev–Trinajstić information content (AvgIpc) is 2.93. The Balaban J connectivity index is 1.69. The monoisotopic (exact) mass is 280 g/mol. The van der Waals surface area contributed by atoms with Gasteiger partial charge in [0.05, 0.1) is 6.42 Å². The van der Waals surface area contributed by atoms with Crippen molar-refractivity contribution in [2.75, 3.05) is 32.7 Å². The summed E-state index contributed by atoms with van der Waals surface area (Å²) >= 11 is 1.67. The lowest BCUT2D eigenvalue weighted by Gasteiger charge is -2.34. The van der Waals surface area contributed by atoms with Gasteiger partial charge in [0.25, 0.3) is 0 Å². The highest BCUT2D eigenvalue weighted by molar-refractivity contribution is 7.10. The molecule has 1 saturated heterocycles. The van der Waals surface area contributed by atoms with E-state index in [2.05, 4.69) is 11.8 Å². The van der Waals surface area contributed by atoms with Crippen molar-refractivity contribution in [2.24, 2.45) is 0 Å². The maximum Gasteiger partial charge on any atom is 0.227 e. The van der Waals surface area contributed by atoms with Crippen LogP contribution in [-0.4, -0.2) is 48.4 Å². The molecule has 19 heavy (non-hydrogen) atoms. The molecule has 0 atom stereocenters. The van der Waals surface area contributed by atoms with Gasteiger partial charge in [-0.2, -0.15) is 0 Å². The molecule has 0 aliphatic carbocycles. The molecule has 2 heterocycles. The molecule has 1 aromatic rings. The Bertz CT molecular complexity index is 370. The minimum absolute atomic E-state index is 0.288. The third kappa shape index (κ3) is 4.62. The molecule has 3 nitrogen and oxygen atoms in total. The van der Waals surface area contributed by atoms with Crippen molar-refractivity contribution in [3.05, 3.63) is 22.4 Å². The molecule has 4 heteroatoms. The summed E-state index contributed by atoms with van der Waals surface area (Å²) in [6.07, 6.45) is 4.46. The van der Waals surface area contributed by atoms with E-state index >= 15 is 0 Å². The van der Waals surface area contributed by atoms with Crippen LogP contribution in [0, 0.1) is 0 Å². The molecule has 0 saturated carbocycles. The Morgan fingerprint density at radius 3 is 2.68 bits per heavy atom. The Morgan fingerprint density at radius 1 is 1.26 bits per heavy atom. The largest absolute Gasteiger partial charge is 0.340 e. The molecule has 1 aromatic heterocycles. The van der Waals surface area contributed by atoms with Gasteiger partial charge in [0.1, 0.15) is 0 Å². The van der Waals surface area contributed by atoms with E-state index in [-0.39, 0.29) is 5.91 Å². The van der Waals surface area contributed by atoms with Crippen LogP contribution in [0.25, 0.3) is 0 Å². The first kappa shape index (κ1) is 14.5. The van der Waals surface area contributed by atoms with E-state index in [1.807, 2.05) is 22.4 Å². The quantitative estimate of drug-likeness (QED) is 0.748. The lowest BCUT2D eigenvalue weighted by atomic mass is 10.2. The number of unbranched alkanes of at least 4 members (excludes halogenated alkanes) is 2. The number of carbonyl (C=O) groups excluding carboxylic acids is 1. The van der Waals surface area contributed by atoms with Crippen LogP contribution in [0.2, 0.25) is 0 Å². The van der Waals surface area contributed by atoms with Gasteiger partial charge < -0.3 is 4.90 Å². The van der Waals surface area contributed by atoms with Crippen LogP contribution >= 0.6 is 11.3 Å². The van der Waals surface area contributed by atoms with E-state index in [9.17, 15) is 4.79 Å². The molecule has 1 fully saturated rings. The lowest BCUT2D eigenvalue weighted by Crippen LogP contribution is -2.49. The van der Waals surface area contributed by atoms with Crippen molar-refractivity contribution in [3.63, 3.8) is 0 Å². The van der Waals surface area contributed by atoms with Crippen molar-refractivity contribution in [2.45, 2.75) is 32.6 Å². The summed E-state index contributed by atoms with van der Waals surface area (Å²) in [6, 6.07) is 4.06. The maximum absolute atomic E-state index is 12.1. The number of rotatable bonds is 6. The van der Waals surface area contributed by atoms with Crippen LogP contribution in [-0.2, 0) is 11.2 Å². The van der Waals surface area contributed by atoms with E-state index in [1.54, 1.807) is 11.3 Å². The van der Waals surface area contributed by atoms with Crippen molar-refractivity contribution >= 4 is 17.2 Å². The van der Waals surface area contributed by atoms with Gasteiger partial charge in [-0.05, 0) is 24.4 Å². The van der Waals surface area contributed by atoms with Crippen molar-refractivity contribution in [3.8, 4) is 0 Å². The van der Waals surface area contributed by atoms with Crippen LogP contribution in [0.4, 0.5) is 0 Å². The zero-order valence-electron chi connectivity index (χ0n) is 11.8. The number of carbonyl (C=O) groups is 1. The number of hydrogen-bond donors (Lipinski definition) is 0. The van der Waals surface area contributed by atoms with Gasteiger partial charge in [0.15, 0.2) is 0 Å². The van der Waals surface area contributed by atoms with E-state index < -0.39 is 0 Å². The van der Waals surface area contributed by atoms with Crippen LogP contribution in [0.15, 0.2) is 17.5 Å². The zero-order chi connectivity index (χ0) is 13.5. The molecular formula is C15H24N2OS. The second-order valence-corrected chi connectivity index (χ2v) is 6.22. The summed E-state index contributed by atoms with van der Waals surface area (Å²) in [5.41, 5.74) is 0. The Labute approximate surface area is 120 Å². The Kier molecular flexibility index (Phi) is 5.86. The highest BCUT2D eigenvalue weighted by Crippen LogP contribution is 2.12. The number of amides is 1. The number of nitrogens with zero attached hydrogens (tertiary/aromatic N) is 2. The van der Waals surface area contributed by atoms with Gasteiger partial charge in [0, 0.05) is 31.1 Å². The average molecular weight is 280 g/mol. The topological polar surface area (TPSA) is 23.6 Å². The summed E-state index contributed by atoms with van der Waals surface area (Å²) in [5.74, 6) is 0.288. The van der Waals surface area contributed by atoms with Crippen molar-refractivity contribution in [1.82, 2.24) is 9.80 Å². The molecule has 106 valence electrons. The van der Waals surface area contributed by atoms with Gasteiger partial charge in [-0.25, -0.2) is 0 Å². The standard InChI is InChI=1S/C15H24N2OS/c1-2-3-4-7-16-8-10-17(11-9-16)15(18)13-14-6-5-12-19-14/h5-6,12H,2-4,7-11,13H2,1H3. The van der Waals surface area contributed by atoms with E-state index in [0.29, 0.717) is 6.42 Å². The molecule has 2 rings (SSSR count). The highest BCUT2D eigenvalue weighted by atomic mass is 32.1. The minimum atomic E-state index is 0.288. The van der Waals surface area contributed by atoms with Crippen LogP contribution in [0.5, 0.6) is 0 Å². The second-order valence-electron chi connectivity index (χ2n) is 5.19. The van der Waals surface area contributed by atoms with E-state index in [4.69, 9.17) is 0 Å². The molecule has 0 bridgehead atoms. The van der Waals surface area contributed by atoms with E-state index in [0.717, 1.165) is 26.2 Å². The summed E-state index contributed by atoms with van der Waals surface area (Å²) in [7, 11) is 0. The van der Waals surface area contributed by atoms with Crippen LogP contribution in [0.1, 0.15) is 31.1 Å². The van der Waals surface area contributed by atoms with Gasteiger partial charge >= 0.3 is 0 Å². The predicted molar refractivity (Wildman–Crippen MR) is 80.6 cm³/mol. The third-order valence-electron chi connectivity index (χ3n) is 3.71. The predicted octanol–water partition coefficient (Wildman–Crippen LogP) is 2.63. The molecule has 1 aliphatic rings. The van der Waals surface area contributed by atoms with Crippen molar-refractivity contribution in [1.29, 1.82) is 0 Å². The lowest BCUT2D eigenvalue weighted by molar-refractivity contribution is -0.132. The molecule has 0 spiro atoms. The molecule has 1 aliphatic heterocycles. The Hall–Kier alpha value is -0.870. The van der Waals surface area contributed by atoms with Gasteiger partial charge in [-0.15, -0.1) is 11.3 Å². The number of hydrogen-bond acceptors (Lipinski definition) is 3. The smallest absolute Gasteiger partial charge is 0.227 e. The van der Waals surface area contributed by atoms with Gasteiger partial charge in [0.2, 0.25) is 5.91 Å². The molecule has 0 N–H and O–H groups in total. The fourth-order valence-electron chi connectivity index (χ4n) is 2.48. The number of piperazine rings is 1. The first-order chi connectivity index (χ1) is 9.29. The normalized spacial score (nSPS) is 16.8. The SMILES string of the molecule is CCCCCN1CCN(C(=O)Cc2cccs2)CC1. The molecule has 0 radical (unpaired) electrons. The summed E-state index contributed by atoms with van der Waals surface area (Å²) in [5, 5.41) is 2.04. The summed E-state index contributed by atoms with van der Waals surface area (Å²) < 4.78 is 0. The highest BCUT2D eigenvalue weighted by Gasteiger charge is 2.20. The maximum atomic E-state index is 12.1. The third-order valence-corrected chi connectivity index (χ3v) is 4.58. The first-order valence-corrected chi connectivity index (χ1v) is 8.20. The summed E-state index contributed by atoms with van der Waals surface area (Å²) in [6.45, 7) is 7.31. The molecule has 0 aromatic carbocycles. The van der Waals surface area contributed by atoms with Gasteiger partial charge in [-0.3, -0.25) is 9.69 Å². The zero-order valence-corrected chi connectivity index (χ0v) is 12.6. The minimum Gasteiger partial charge on any atom is -0.340 e. The van der Waals surface area contributed by atoms with Crippen molar-refractivity contribution < 1.29 is 4.79 Å². The summed E-state index contributed by atoms with van der Waals surface area (Å²) in [4.78, 5) is 17.8. The van der Waals surface area contributed by atoms with Crippen LogP contribution in [0.3, 0.4) is 0 Å². The second kappa shape index (κ2) is 7.65. The fourth-order valence-corrected chi connectivity index (χ4v) is 3.18. The Morgan fingerprint density at radius 2 is 2.05 bits per heavy atom. The van der Waals surface area contributed by atoms with E-state index in [1.165, 1.54) is 30.7 Å².